The fourth-order valence-electron chi connectivity index (χ4n) is 2.73. The Bertz CT molecular complexity index is 1080. The Morgan fingerprint density at radius 3 is 2.52 bits per heavy atom. The number of carbonyl (C=O) groups excluding carboxylic acids is 2. The van der Waals surface area contributed by atoms with Gasteiger partial charge in [0.2, 0.25) is 5.91 Å². The molecule has 0 saturated carbocycles. The van der Waals surface area contributed by atoms with Crippen molar-refractivity contribution in [1.29, 1.82) is 0 Å². The lowest BCUT2D eigenvalue weighted by molar-refractivity contribution is -0.137. The summed E-state index contributed by atoms with van der Waals surface area (Å²) in [6.45, 7) is 5.98. The summed E-state index contributed by atoms with van der Waals surface area (Å²) in [5.74, 6) is 0.307. The van der Waals surface area contributed by atoms with Crippen molar-refractivity contribution < 1.29 is 14.3 Å². The maximum absolute atomic E-state index is 12.2. The Morgan fingerprint density at radius 2 is 1.90 bits per heavy atom. The van der Waals surface area contributed by atoms with E-state index in [4.69, 9.17) is 4.74 Å². The van der Waals surface area contributed by atoms with Crippen LogP contribution in [-0.4, -0.2) is 44.2 Å². The minimum atomic E-state index is -0.386. The topological polar surface area (TPSA) is 99.0 Å². The minimum Gasteiger partial charge on any atom is -0.463 e. The van der Waals surface area contributed by atoms with E-state index in [0.29, 0.717) is 23.1 Å². The van der Waals surface area contributed by atoms with E-state index in [1.165, 1.54) is 17.8 Å². The van der Waals surface area contributed by atoms with Crippen molar-refractivity contribution in [1.82, 2.24) is 20.0 Å². The van der Waals surface area contributed by atoms with Gasteiger partial charge in [0, 0.05) is 17.5 Å². The van der Waals surface area contributed by atoms with E-state index in [0.717, 1.165) is 17.0 Å². The highest BCUT2D eigenvalue weighted by molar-refractivity contribution is 7.99. The molecule has 0 saturated heterocycles. The van der Waals surface area contributed by atoms with Gasteiger partial charge in [0.05, 0.1) is 18.1 Å². The largest absolute Gasteiger partial charge is 0.463 e. The van der Waals surface area contributed by atoms with Gasteiger partial charge in [-0.25, -0.2) is 9.48 Å². The van der Waals surface area contributed by atoms with E-state index in [-0.39, 0.29) is 17.6 Å². The molecule has 3 aromatic rings. The number of carbonyl (C=O) groups is 2. The first-order chi connectivity index (χ1) is 14.9. The molecule has 0 bridgehead atoms. The number of hydrogen-bond acceptors (Lipinski definition) is 7. The quantitative estimate of drug-likeness (QED) is 0.327. The van der Waals surface area contributed by atoms with Gasteiger partial charge >= 0.3 is 5.97 Å². The van der Waals surface area contributed by atoms with Crippen molar-refractivity contribution in [2.45, 2.75) is 25.8 Å². The number of anilines is 1. The van der Waals surface area contributed by atoms with Crippen LogP contribution in [0.2, 0.25) is 0 Å². The molecule has 0 spiro atoms. The maximum Gasteiger partial charge on any atom is 0.330 e. The molecule has 1 N–H and O–H groups in total. The van der Waals surface area contributed by atoms with Crippen molar-refractivity contribution >= 4 is 35.4 Å². The lowest BCUT2D eigenvalue weighted by Crippen LogP contribution is -2.14. The first-order valence-corrected chi connectivity index (χ1v) is 10.7. The normalized spacial score (nSPS) is 10.9. The van der Waals surface area contributed by atoms with Crippen molar-refractivity contribution in [3.8, 4) is 5.82 Å². The van der Waals surface area contributed by atoms with Crippen LogP contribution < -0.4 is 5.32 Å². The van der Waals surface area contributed by atoms with Gasteiger partial charge in [-0.2, -0.15) is 5.10 Å². The Balaban J connectivity index is 1.50. The number of thioether (sulfide) groups is 1. The van der Waals surface area contributed by atoms with Crippen molar-refractivity contribution in [3.63, 3.8) is 0 Å². The summed E-state index contributed by atoms with van der Waals surface area (Å²) >= 11 is 1.30. The lowest BCUT2D eigenvalue weighted by atomic mass is 10.2. The van der Waals surface area contributed by atoms with Gasteiger partial charge in [-0.15, -0.1) is 10.2 Å². The van der Waals surface area contributed by atoms with Crippen LogP contribution in [0.15, 0.2) is 53.6 Å². The molecule has 0 aliphatic rings. The highest BCUT2D eigenvalue weighted by atomic mass is 32.2. The van der Waals surface area contributed by atoms with E-state index in [9.17, 15) is 9.59 Å². The third kappa shape index (κ3) is 6.51. The number of aryl methyl sites for hydroxylation is 2. The number of nitrogens with one attached hydrogen (secondary N) is 1. The molecule has 160 valence electrons. The molecule has 8 nitrogen and oxygen atoms in total. The van der Waals surface area contributed by atoms with Gasteiger partial charge in [-0.3, -0.25) is 4.79 Å². The minimum absolute atomic E-state index is 0.149. The monoisotopic (exact) mass is 437 g/mol. The second-order valence-electron chi connectivity index (χ2n) is 6.61. The number of esters is 1. The smallest absolute Gasteiger partial charge is 0.330 e. The number of benzene rings is 1. The highest BCUT2D eigenvalue weighted by Gasteiger charge is 2.08. The van der Waals surface area contributed by atoms with Gasteiger partial charge in [0.1, 0.15) is 5.03 Å². The van der Waals surface area contributed by atoms with Crippen molar-refractivity contribution in [2.75, 3.05) is 17.7 Å². The van der Waals surface area contributed by atoms with Crippen molar-refractivity contribution in [2.24, 2.45) is 0 Å². The molecule has 0 aliphatic heterocycles. The standard InChI is InChI=1S/C22H23N5O3S/c1-4-30-22(29)12-7-17-5-8-18(9-6-17)23-20(28)14-31-21-11-10-19(24-25-21)27-16(3)13-15(2)26-27/h5-13H,4,14H2,1-3H3,(H,23,28)/b12-7+. The molecular weight excluding hydrogens is 414 g/mol. The molecule has 1 amide bonds. The Kier molecular flexibility index (Phi) is 7.55. The summed E-state index contributed by atoms with van der Waals surface area (Å²) in [4.78, 5) is 23.6. The summed E-state index contributed by atoms with van der Waals surface area (Å²) in [7, 11) is 0. The summed E-state index contributed by atoms with van der Waals surface area (Å²) < 4.78 is 6.57. The Hall–Kier alpha value is -3.46. The molecular formula is C22H23N5O3S. The van der Waals surface area contributed by atoms with Gasteiger partial charge in [0.25, 0.3) is 0 Å². The predicted octanol–water partition coefficient (Wildman–Crippen LogP) is 3.59. The third-order valence-electron chi connectivity index (χ3n) is 4.10. The van der Waals surface area contributed by atoms with Gasteiger partial charge in [-0.05, 0) is 62.7 Å². The van der Waals surface area contributed by atoms with E-state index < -0.39 is 0 Å². The van der Waals surface area contributed by atoms with E-state index >= 15 is 0 Å². The second-order valence-corrected chi connectivity index (χ2v) is 7.61. The van der Waals surface area contributed by atoms with Crippen LogP contribution in [0.4, 0.5) is 5.69 Å². The molecule has 0 fully saturated rings. The molecule has 9 heteroatoms. The number of aromatic nitrogens is 4. The van der Waals surface area contributed by atoms with Crippen LogP contribution in [0.3, 0.4) is 0 Å². The molecule has 0 atom stereocenters. The first-order valence-electron chi connectivity index (χ1n) is 9.69. The summed E-state index contributed by atoms with van der Waals surface area (Å²) in [6.07, 6.45) is 3.03. The average Bonchev–Trinajstić information content (AvgIpc) is 3.10. The molecule has 0 radical (unpaired) electrons. The van der Waals surface area contributed by atoms with E-state index in [1.807, 2.05) is 44.2 Å². The van der Waals surface area contributed by atoms with Gasteiger partial charge in [-0.1, -0.05) is 23.9 Å². The average molecular weight is 438 g/mol. The fourth-order valence-corrected chi connectivity index (χ4v) is 3.35. The van der Waals surface area contributed by atoms with Gasteiger partial charge in [0.15, 0.2) is 5.82 Å². The number of nitrogens with zero attached hydrogens (tertiary/aromatic N) is 4. The third-order valence-corrected chi connectivity index (χ3v) is 5.02. The van der Waals surface area contributed by atoms with Crippen LogP contribution in [0.1, 0.15) is 23.9 Å². The predicted molar refractivity (Wildman–Crippen MR) is 120 cm³/mol. The highest BCUT2D eigenvalue weighted by Crippen LogP contribution is 2.17. The van der Waals surface area contributed by atoms with Crippen molar-refractivity contribution in [3.05, 3.63) is 65.5 Å². The molecule has 0 unspecified atom stereocenters. The summed E-state index contributed by atoms with van der Waals surface area (Å²) in [6, 6.07) is 12.8. The number of hydrogen-bond donors (Lipinski definition) is 1. The summed E-state index contributed by atoms with van der Waals surface area (Å²) in [5.41, 5.74) is 3.40. The second kappa shape index (κ2) is 10.5. The molecule has 2 aromatic heterocycles. The van der Waals surface area contributed by atoms with Crippen LogP contribution in [0, 0.1) is 13.8 Å². The van der Waals surface area contributed by atoms with Crippen LogP contribution >= 0.6 is 11.8 Å². The van der Waals surface area contributed by atoms with E-state index in [2.05, 4.69) is 20.6 Å². The Morgan fingerprint density at radius 1 is 1.13 bits per heavy atom. The molecule has 3 rings (SSSR count). The summed E-state index contributed by atoms with van der Waals surface area (Å²) in [5, 5.41) is 16.2. The molecule has 1 aromatic carbocycles. The van der Waals surface area contributed by atoms with Gasteiger partial charge < -0.3 is 10.1 Å². The number of ether oxygens (including phenoxy) is 1. The first kappa shape index (κ1) is 22.2. The lowest BCUT2D eigenvalue weighted by Gasteiger charge is -2.06. The zero-order valence-electron chi connectivity index (χ0n) is 17.5. The van der Waals surface area contributed by atoms with Crippen LogP contribution in [0.5, 0.6) is 0 Å². The van der Waals surface area contributed by atoms with Crippen LogP contribution in [-0.2, 0) is 14.3 Å². The number of amides is 1. The SMILES string of the molecule is CCOC(=O)/C=C/c1ccc(NC(=O)CSc2ccc(-n3nc(C)cc3C)nn2)cc1. The Labute approximate surface area is 184 Å². The zero-order chi connectivity index (χ0) is 22.2. The molecule has 0 aliphatic carbocycles. The maximum atomic E-state index is 12.2. The molecule has 2 heterocycles. The molecule has 31 heavy (non-hydrogen) atoms. The fraction of sp³-hybridized carbons (Fsp3) is 0.227. The van der Waals surface area contributed by atoms with E-state index in [1.54, 1.807) is 29.8 Å². The van der Waals surface area contributed by atoms with Crippen LogP contribution in [0.25, 0.3) is 11.9 Å². The number of rotatable bonds is 8. The zero-order valence-corrected chi connectivity index (χ0v) is 18.3.